The highest BCUT2D eigenvalue weighted by molar-refractivity contribution is 6.07. The summed E-state index contributed by atoms with van der Waals surface area (Å²) in [6, 6.07) is 25.3. The third kappa shape index (κ3) is 4.72. The lowest BCUT2D eigenvalue weighted by Gasteiger charge is -2.19. The van der Waals surface area contributed by atoms with Crippen LogP contribution in [0.1, 0.15) is 20.7 Å². The number of nitrogens with zero attached hydrogens (tertiary/aromatic N) is 5. The Hall–Kier alpha value is -4.98. The molecule has 0 atom stereocenters. The molecule has 8 nitrogen and oxygen atoms in total. The molecule has 172 valence electrons. The fourth-order valence-electron chi connectivity index (χ4n) is 3.67. The number of hydrogen-bond acceptors (Lipinski definition) is 4. The molecule has 0 saturated heterocycles. The molecule has 0 bridgehead atoms. The summed E-state index contributed by atoms with van der Waals surface area (Å²) in [7, 11) is 1.71. The number of nitrogens with one attached hydrogen (secondary N) is 1. The van der Waals surface area contributed by atoms with E-state index in [2.05, 4.69) is 15.5 Å². The molecule has 5 rings (SSSR count). The minimum Gasteiger partial charge on any atom is -0.322 e. The van der Waals surface area contributed by atoms with Gasteiger partial charge >= 0.3 is 0 Å². The lowest BCUT2D eigenvalue weighted by molar-refractivity contribution is 0.0991. The molecule has 0 aliphatic heterocycles. The molecule has 0 fully saturated rings. The van der Waals surface area contributed by atoms with Gasteiger partial charge in [-0.3, -0.25) is 9.59 Å². The van der Waals surface area contributed by atoms with E-state index in [4.69, 9.17) is 0 Å². The maximum Gasteiger partial charge on any atom is 0.258 e. The minimum absolute atomic E-state index is 0.158. The van der Waals surface area contributed by atoms with Crippen molar-refractivity contribution in [3.8, 4) is 11.4 Å². The van der Waals surface area contributed by atoms with E-state index in [0.29, 0.717) is 22.5 Å². The monoisotopic (exact) mass is 462 g/mol. The van der Waals surface area contributed by atoms with Crippen molar-refractivity contribution in [2.45, 2.75) is 0 Å². The number of carbonyl (C=O) groups excluding carboxylic acids is 2. The SMILES string of the molecule is CN(C(=O)c1ccc(-n2cccn2)cc1)c1cccc(NC(=O)c2ccc(-n3cccn3)cc2)c1. The Bertz CT molecular complexity index is 1440. The van der Waals surface area contributed by atoms with Gasteiger partial charge in [0.2, 0.25) is 0 Å². The number of aromatic nitrogens is 4. The van der Waals surface area contributed by atoms with Crippen LogP contribution in [-0.2, 0) is 0 Å². The second-order valence-electron chi connectivity index (χ2n) is 7.86. The maximum absolute atomic E-state index is 13.0. The topological polar surface area (TPSA) is 85.0 Å². The molecule has 3 aromatic carbocycles. The molecule has 8 heteroatoms. The molecule has 0 radical (unpaired) electrons. The van der Waals surface area contributed by atoms with Crippen molar-refractivity contribution < 1.29 is 9.59 Å². The molecule has 2 aromatic heterocycles. The Morgan fingerprint density at radius 1 is 0.743 bits per heavy atom. The summed E-state index contributed by atoms with van der Waals surface area (Å²) >= 11 is 0. The van der Waals surface area contributed by atoms with Crippen LogP contribution in [-0.4, -0.2) is 38.4 Å². The molecule has 0 aliphatic rings. The normalized spacial score (nSPS) is 10.7. The summed E-state index contributed by atoms with van der Waals surface area (Å²) in [6.45, 7) is 0. The van der Waals surface area contributed by atoms with Crippen molar-refractivity contribution in [1.29, 1.82) is 0 Å². The van der Waals surface area contributed by atoms with E-state index in [1.54, 1.807) is 76.2 Å². The molecule has 1 N–H and O–H groups in total. The number of amides is 2. The molecular formula is C27H22N6O2. The van der Waals surface area contributed by atoms with E-state index in [-0.39, 0.29) is 11.8 Å². The van der Waals surface area contributed by atoms with Crippen LogP contribution in [0.5, 0.6) is 0 Å². The van der Waals surface area contributed by atoms with Gasteiger partial charge < -0.3 is 10.2 Å². The van der Waals surface area contributed by atoms with E-state index >= 15 is 0 Å². The number of carbonyl (C=O) groups is 2. The second kappa shape index (κ2) is 9.48. The highest BCUT2D eigenvalue weighted by atomic mass is 16.2. The molecule has 0 aliphatic carbocycles. The van der Waals surface area contributed by atoms with Crippen LogP contribution < -0.4 is 10.2 Å². The van der Waals surface area contributed by atoms with Crippen molar-refractivity contribution in [3.05, 3.63) is 121 Å². The largest absolute Gasteiger partial charge is 0.322 e. The van der Waals surface area contributed by atoms with E-state index < -0.39 is 0 Å². The van der Waals surface area contributed by atoms with Gasteiger partial charge in [0.15, 0.2) is 0 Å². The van der Waals surface area contributed by atoms with Crippen LogP contribution >= 0.6 is 0 Å². The summed E-state index contributed by atoms with van der Waals surface area (Å²) in [5, 5.41) is 11.3. The van der Waals surface area contributed by atoms with Gasteiger partial charge in [-0.05, 0) is 78.9 Å². The average molecular weight is 463 g/mol. The average Bonchev–Trinajstić information content (AvgIpc) is 3.63. The third-order valence-corrected chi connectivity index (χ3v) is 5.58. The van der Waals surface area contributed by atoms with Gasteiger partial charge in [-0.1, -0.05) is 6.07 Å². The Labute approximate surface area is 202 Å². The third-order valence-electron chi connectivity index (χ3n) is 5.58. The standard InChI is InChI=1S/C27H22N6O2/c1-31(27(35)21-9-13-24(14-10-21)33-18-4-16-29-33)25-6-2-5-22(19-25)30-26(34)20-7-11-23(12-8-20)32-17-3-15-28-32/h2-19H,1H3,(H,30,34). The molecule has 0 spiro atoms. The molecule has 0 unspecified atom stereocenters. The first-order valence-corrected chi connectivity index (χ1v) is 11.0. The van der Waals surface area contributed by atoms with Gasteiger partial charge in [-0.25, -0.2) is 9.36 Å². The van der Waals surface area contributed by atoms with Crippen LogP contribution in [0.4, 0.5) is 11.4 Å². The van der Waals surface area contributed by atoms with Crippen LogP contribution in [0.25, 0.3) is 11.4 Å². The zero-order chi connectivity index (χ0) is 24.2. The number of rotatable bonds is 6. The highest BCUT2D eigenvalue weighted by Crippen LogP contribution is 2.22. The van der Waals surface area contributed by atoms with E-state index in [1.165, 1.54) is 0 Å². The first-order chi connectivity index (χ1) is 17.1. The predicted octanol–water partition coefficient (Wildman–Crippen LogP) is 4.59. The lowest BCUT2D eigenvalue weighted by atomic mass is 10.1. The van der Waals surface area contributed by atoms with E-state index in [9.17, 15) is 9.59 Å². The zero-order valence-corrected chi connectivity index (χ0v) is 18.9. The van der Waals surface area contributed by atoms with Crippen LogP contribution in [0.15, 0.2) is 110 Å². The van der Waals surface area contributed by atoms with E-state index in [1.807, 2.05) is 54.9 Å². The van der Waals surface area contributed by atoms with Gasteiger partial charge in [0.25, 0.3) is 11.8 Å². The summed E-state index contributed by atoms with van der Waals surface area (Å²) < 4.78 is 3.46. The fourth-order valence-corrected chi connectivity index (χ4v) is 3.67. The fraction of sp³-hybridized carbons (Fsp3) is 0.0370. The summed E-state index contributed by atoms with van der Waals surface area (Å²) in [5.41, 5.74) is 4.07. The van der Waals surface area contributed by atoms with Crippen molar-refractivity contribution in [2.24, 2.45) is 0 Å². The second-order valence-corrected chi connectivity index (χ2v) is 7.86. The first-order valence-electron chi connectivity index (χ1n) is 11.0. The first kappa shape index (κ1) is 21.8. The van der Waals surface area contributed by atoms with Crippen molar-refractivity contribution in [1.82, 2.24) is 19.6 Å². The van der Waals surface area contributed by atoms with Crippen LogP contribution in [0.3, 0.4) is 0 Å². The minimum atomic E-state index is -0.239. The smallest absolute Gasteiger partial charge is 0.258 e. The summed E-state index contributed by atoms with van der Waals surface area (Å²) in [4.78, 5) is 27.3. The molecule has 5 aromatic rings. The Balaban J connectivity index is 1.27. The molecule has 2 amide bonds. The number of benzene rings is 3. The zero-order valence-electron chi connectivity index (χ0n) is 18.9. The van der Waals surface area contributed by atoms with Gasteiger partial charge in [-0.15, -0.1) is 0 Å². The lowest BCUT2D eigenvalue weighted by Crippen LogP contribution is -2.26. The molecule has 0 saturated carbocycles. The van der Waals surface area contributed by atoms with Gasteiger partial charge in [0, 0.05) is 54.3 Å². The van der Waals surface area contributed by atoms with Gasteiger partial charge in [-0.2, -0.15) is 10.2 Å². The Morgan fingerprint density at radius 2 is 1.31 bits per heavy atom. The Morgan fingerprint density at radius 3 is 1.86 bits per heavy atom. The van der Waals surface area contributed by atoms with Crippen molar-refractivity contribution in [3.63, 3.8) is 0 Å². The van der Waals surface area contributed by atoms with Gasteiger partial charge in [0.1, 0.15) is 0 Å². The quantitative estimate of drug-likeness (QED) is 0.400. The molecule has 2 heterocycles. The summed E-state index contributed by atoms with van der Waals surface area (Å²) in [6.07, 6.45) is 7.09. The number of anilines is 2. The maximum atomic E-state index is 13.0. The van der Waals surface area contributed by atoms with Crippen molar-refractivity contribution >= 4 is 23.2 Å². The van der Waals surface area contributed by atoms with Crippen LogP contribution in [0, 0.1) is 0 Å². The highest BCUT2D eigenvalue weighted by Gasteiger charge is 2.15. The van der Waals surface area contributed by atoms with Crippen molar-refractivity contribution in [2.75, 3.05) is 17.3 Å². The van der Waals surface area contributed by atoms with Gasteiger partial charge in [0.05, 0.1) is 11.4 Å². The predicted molar refractivity (Wildman–Crippen MR) is 134 cm³/mol. The van der Waals surface area contributed by atoms with Crippen LogP contribution in [0.2, 0.25) is 0 Å². The van der Waals surface area contributed by atoms with E-state index in [0.717, 1.165) is 11.4 Å². The summed E-state index contributed by atoms with van der Waals surface area (Å²) in [5.74, 6) is -0.396. The molecule has 35 heavy (non-hydrogen) atoms. The Kier molecular flexibility index (Phi) is 5.92. The molecular weight excluding hydrogens is 440 g/mol. The number of hydrogen-bond donors (Lipinski definition) is 1.